The highest BCUT2D eigenvalue weighted by atomic mass is 16.6. The number of ether oxygens (including phenoxy) is 4. The number of hydrogen-bond acceptors (Lipinski definition) is 7. The van der Waals surface area contributed by atoms with E-state index in [1.165, 1.54) is 0 Å². The highest BCUT2D eigenvalue weighted by Gasteiger charge is 2.37. The fourth-order valence-electron chi connectivity index (χ4n) is 4.96. The van der Waals surface area contributed by atoms with Crippen molar-refractivity contribution in [2.24, 2.45) is 5.16 Å². The fourth-order valence-corrected chi connectivity index (χ4v) is 4.96. The third-order valence-electron chi connectivity index (χ3n) is 7.49. The van der Waals surface area contributed by atoms with Crippen LogP contribution in [0.25, 0.3) is 0 Å². The highest BCUT2D eigenvalue weighted by Crippen LogP contribution is 2.20. The maximum atomic E-state index is 14.0. The molecule has 0 fully saturated rings. The van der Waals surface area contributed by atoms with E-state index in [9.17, 15) is 4.79 Å². The van der Waals surface area contributed by atoms with Crippen molar-refractivity contribution < 1.29 is 28.6 Å². The quantitative estimate of drug-likeness (QED) is 0.0638. The first-order valence-electron chi connectivity index (χ1n) is 16.0. The van der Waals surface area contributed by atoms with Gasteiger partial charge in [0.2, 0.25) is 0 Å². The molecule has 0 aliphatic rings. The molecule has 0 N–H and O–H groups in total. The zero-order valence-corrected chi connectivity index (χ0v) is 26.9. The van der Waals surface area contributed by atoms with Gasteiger partial charge in [0.25, 0.3) is 0 Å². The van der Waals surface area contributed by atoms with Gasteiger partial charge in [-0.1, -0.05) is 157 Å². The van der Waals surface area contributed by atoms with Gasteiger partial charge < -0.3 is 23.8 Å². The van der Waals surface area contributed by atoms with Crippen molar-refractivity contribution in [1.29, 1.82) is 0 Å². The van der Waals surface area contributed by atoms with E-state index in [4.69, 9.17) is 23.8 Å². The number of ketones is 1. The van der Waals surface area contributed by atoms with E-state index in [-0.39, 0.29) is 45.4 Å². The number of nitrogens with zero attached hydrogens (tertiary/aromatic N) is 1. The second-order valence-electron chi connectivity index (χ2n) is 11.2. The summed E-state index contributed by atoms with van der Waals surface area (Å²) in [6.07, 6.45) is -1.21. The van der Waals surface area contributed by atoms with E-state index in [0.717, 1.165) is 27.8 Å². The number of carbonyl (C=O) groups excluding carboxylic acids is 1. The minimum Gasteiger partial charge on any atom is -0.391 e. The maximum absolute atomic E-state index is 14.0. The van der Waals surface area contributed by atoms with Crippen LogP contribution >= 0.6 is 0 Å². The molecule has 0 amide bonds. The Balaban J connectivity index is 1.41. The Kier molecular flexibility index (Phi) is 14.1. The molecule has 5 aromatic rings. The van der Waals surface area contributed by atoms with Crippen LogP contribution in [0.3, 0.4) is 0 Å². The Labute approximate surface area is 282 Å². The van der Waals surface area contributed by atoms with Gasteiger partial charge >= 0.3 is 0 Å². The van der Waals surface area contributed by atoms with Crippen molar-refractivity contribution in [3.8, 4) is 0 Å². The molecule has 0 saturated heterocycles. The smallest absolute Gasteiger partial charge is 0.189 e. The summed E-state index contributed by atoms with van der Waals surface area (Å²) in [7, 11) is 0. The van der Waals surface area contributed by atoms with Gasteiger partial charge in [-0.15, -0.1) is 0 Å². The summed E-state index contributed by atoms with van der Waals surface area (Å²) >= 11 is 0. The summed E-state index contributed by atoms with van der Waals surface area (Å²) in [4.78, 5) is 19.7. The van der Waals surface area contributed by atoms with Crippen LogP contribution in [0.2, 0.25) is 0 Å². The van der Waals surface area contributed by atoms with Crippen LogP contribution in [0.1, 0.15) is 27.8 Å². The lowest BCUT2D eigenvalue weighted by Gasteiger charge is -2.31. The number of carbonyl (C=O) groups is 1. The first-order valence-corrected chi connectivity index (χ1v) is 16.0. The van der Waals surface area contributed by atoms with Gasteiger partial charge in [0.1, 0.15) is 31.5 Å². The molecule has 3 atom stereocenters. The van der Waals surface area contributed by atoms with Crippen molar-refractivity contribution in [2.45, 2.75) is 51.3 Å². The summed E-state index contributed by atoms with van der Waals surface area (Å²) in [5, 5.41) is 4.29. The van der Waals surface area contributed by atoms with Crippen LogP contribution in [0.15, 0.2) is 157 Å². The number of Topliss-reactive ketones (excluding diaryl/α,β-unsaturated/α-hetero) is 1. The van der Waals surface area contributed by atoms with Crippen molar-refractivity contribution in [1.82, 2.24) is 0 Å². The Bertz CT molecular complexity index is 1620. The lowest BCUT2D eigenvalue weighted by molar-refractivity contribution is -0.162. The van der Waals surface area contributed by atoms with Gasteiger partial charge in [-0.2, -0.15) is 0 Å². The van der Waals surface area contributed by atoms with Crippen LogP contribution < -0.4 is 0 Å². The molecule has 0 unspecified atom stereocenters. The second-order valence-corrected chi connectivity index (χ2v) is 11.2. The van der Waals surface area contributed by atoms with Crippen LogP contribution in [0.5, 0.6) is 0 Å². The molecule has 0 aliphatic heterocycles. The van der Waals surface area contributed by atoms with Crippen LogP contribution in [-0.4, -0.2) is 36.9 Å². The standard InChI is InChI=1S/C41H41NO6/c43-38(32-44-27-33-16-6-1-7-17-33)40(46-29-35-20-10-3-11-21-35)41(47-30-36-22-12-4-13-23-36)39(45-28-34-18-8-2-9-19-34)26-42-48-31-37-24-14-5-15-25-37/h1-26,39-41H,27-32H2/b42-26+/t39-,40+,41+/m0/s1. The summed E-state index contributed by atoms with van der Waals surface area (Å²) in [6, 6.07) is 48.8. The molecule has 7 heteroatoms. The fraction of sp³-hybridized carbons (Fsp3) is 0.220. The molecule has 0 aromatic heterocycles. The molecular weight excluding hydrogens is 602 g/mol. The van der Waals surface area contributed by atoms with E-state index < -0.39 is 18.3 Å². The van der Waals surface area contributed by atoms with Gasteiger partial charge in [0.05, 0.1) is 32.6 Å². The zero-order chi connectivity index (χ0) is 33.1. The van der Waals surface area contributed by atoms with Gasteiger partial charge in [0.15, 0.2) is 5.78 Å². The predicted molar refractivity (Wildman–Crippen MR) is 186 cm³/mol. The average Bonchev–Trinajstić information content (AvgIpc) is 3.15. The summed E-state index contributed by atoms with van der Waals surface area (Å²) in [6.45, 7) is 1.06. The van der Waals surface area contributed by atoms with Gasteiger partial charge in [-0.3, -0.25) is 4.79 Å². The topological polar surface area (TPSA) is 75.6 Å². The molecule has 7 nitrogen and oxygen atoms in total. The van der Waals surface area contributed by atoms with E-state index in [1.807, 2.05) is 152 Å². The maximum Gasteiger partial charge on any atom is 0.189 e. The summed E-state index contributed by atoms with van der Waals surface area (Å²) < 4.78 is 25.3. The SMILES string of the molecule is O=C(COCc1ccccc1)[C@@H](OCc1ccccc1)[C@H](OCc1ccccc1)[C@H](/C=N/OCc1ccccc1)OCc1ccccc1. The van der Waals surface area contributed by atoms with Gasteiger partial charge in [-0.25, -0.2) is 0 Å². The van der Waals surface area contributed by atoms with Gasteiger partial charge in [-0.05, 0) is 27.8 Å². The van der Waals surface area contributed by atoms with E-state index in [0.29, 0.717) is 0 Å². The minimum absolute atomic E-state index is 0.174. The van der Waals surface area contributed by atoms with Crippen LogP contribution in [-0.2, 0) is 61.6 Å². The average molecular weight is 644 g/mol. The zero-order valence-electron chi connectivity index (χ0n) is 26.9. The Morgan fingerprint density at radius 3 is 1.38 bits per heavy atom. The lowest BCUT2D eigenvalue weighted by Crippen LogP contribution is -2.48. The summed E-state index contributed by atoms with van der Waals surface area (Å²) in [5.41, 5.74) is 4.76. The first-order chi connectivity index (χ1) is 23.7. The van der Waals surface area contributed by atoms with E-state index in [2.05, 4.69) is 5.16 Å². The molecule has 0 spiro atoms. The Morgan fingerprint density at radius 1 is 0.500 bits per heavy atom. The van der Waals surface area contributed by atoms with Crippen LogP contribution in [0, 0.1) is 0 Å². The molecule has 0 aliphatic carbocycles. The third-order valence-corrected chi connectivity index (χ3v) is 7.49. The van der Waals surface area contributed by atoms with Gasteiger partial charge in [0, 0.05) is 0 Å². The van der Waals surface area contributed by atoms with E-state index >= 15 is 0 Å². The number of hydrogen-bond donors (Lipinski definition) is 0. The molecule has 48 heavy (non-hydrogen) atoms. The molecule has 0 heterocycles. The largest absolute Gasteiger partial charge is 0.391 e. The lowest BCUT2D eigenvalue weighted by atomic mass is 10.0. The number of rotatable bonds is 20. The first kappa shape index (κ1) is 34.4. The monoisotopic (exact) mass is 643 g/mol. The molecule has 0 bridgehead atoms. The second kappa shape index (κ2) is 19.7. The van der Waals surface area contributed by atoms with Crippen molar-refractivity contribution in [3.05, 3.63) is 179 Å². The predicted octanol–water partition coefficient (Wildman–Crippen LogP) is 7.73. The number of benzene rings is 5. The molecule has 5 aromatic carbocycles. The Morgan fingerprint density at radius 2 is 0.896 bits per heavy atom. The molecular formula is C41H41NO6. The van der Waals surface area contributed by atoms with Crippen molar-refractivity contribution >= 4 is 12.0 Å². The third kappa shape index (κ3) is 11.7. The Hall–Kier alpha value is -4.92. The molecule has 0 radical (unpaired) electrons. The molecule has 5 rings (SSSR count). The van der Waals surface area contributed by atoms with Crippen molar-refractivity contribution in [3.63, 3.8) is 0 Å². The summed E-state index contributed by atoms with van der Waals surface area (Å²) in [5.74, 6) is -0.271. The van der Waals surface area contributed by atoms with Crippen LogP contribution in [0.4, 0.5) is 0 Å². The minimum atomic E-state index is -1.05. The number of oxime groups is 1. The van der Waals surface area contributed by atoms with E-state index in [1.54, 1.807) is 6.21 Å². The highest BCUT2D eigenvalue weighted by molar-refractivity contribution is 5.85. The molecule has 0 saturated carbocycles. The molecule has 246 valence electrons. The normalized spacial score (nSPS) is 13.2. The van der Waals surface area contributed by atoms with Crippen molar-refractivity contribution in [2.75, 3.05) is 6.61 Å².